The molecule has 3 aromatic rings. The molecule has 9 heteroatoms. The van der Waals surface area contributed by atoms with E-state index in [1.807, 2.05) is 11.8 Å². The minimum atomic E-state index is -3.83. The van der Waals surface area contributed by atoms with Crippen molar-refractivity contribution >= 4 is 38.3 Å². The highest BCUT2D eigenvalue weighted by atomic mass is 32.2. The molecule has 2 N–H and O–H groups in total. The highest BCUT2D eigenvalue weighted by molar-refractivity contribution is 7.99. The number of benzene rings is 2. The van der Waals surface area contributed by atoms with Gasteiger partial charge in [-0.2, -0.15) is 0 Å². The lowest BCUT2D eigenvalue weighted by Gasteiger charge is -2.10. The average molecular weight is 506 g/mol. The Balaban J connectivity index is 1.18. The van der Waals surface area contributed by atoms with Gasteiger partial charge in [0.15, 0.2) is 5.13 Å². The van der Waals surface area contributed by atoms with Crippen LogP contribution in [0.5, 0.6) is 0 Å². The van der Waals surface area contributed by atoms with Gasteiger partial charge in [0.2, 0.25) is 10.0 Å². The molecule has 0 radical (unpaired) electrons. The summed E-state index contributed by atoms with van der Waals surface area (Å²) in [6.45, 7) is 2.74. The van der Waals surface area contributed by atoms with Crippen molar-refractivity contribution in [1.29, 1.82) is 0 Å². The predicted octanol–water partition coefficient (Wildman–Crippen LogP) is 5.86. The van der Waals surface area contributed by atoms with Gasteiger partial charge in [-0.25, -0.2) is 22.5 Å². The first-order valence-corrected chi connectivity index (χ1v) is 14.4. The van der Waals surface area contributed by atoms with Gasteiger partial charge in [0.05, 0.1) is 5.69 Å². The number of thiazole rings is 1. The van der Waals surface area contributed by atoms with Crippen LogP contribution < -0.4 is 10.0 Å². The number of nitrogens with one attached hydrogen (secondary N) is 2. The van der Waals surface area contributed by atoms with Crippen LogP contribution in [0.3, 0.4) is 0 Å². The first kappa shape index (κ1) is 24.2. The molecular formula is C24H28FN3O2S3. The summed E-state index contributed by atoms with van der Waals surface area (Å²) in [6.07, 6.45) is 4.62. The number of halogens is 1. The Bertz CT molecular complexity index is 1190. The van der Waals surface area contributed by atoms with Crippen LogP contribution in [0.4, 0.5) is 9.52 Å². The molecule has 0 saturated heterocycles. The number of fused-ring (bicyclic) bond motifs is 3. The zero-order valence-electron chi connectivity index (χ0n) is 18.6. The van der Waals surface area contributed by atoms with E-state index in [1.54, 1.807) is 24.3 Å². The fourth-order valence-electron chi connectivity index (χ4n) is 3.88. The SMILES string of the molecule is Cc1cccc(F)c1S(=O)(=O)NCCCCCCNc1nc2c(s1)CCSc1ccccc1-2. The van der Waals surface area contributed by atoms with Crippen LogP contribution in [0.1, 0.15) is 36.1 Å². The molecule has 0 atom stereocenters. The van der Waals surface area contributed by atoms with Crippen LogP contribution in [-0.4, -0.2) is 32.2 Å². The molecule has 2 heterocycles. The number of aryl methyl sites for hydroxylation is 2. The van der Waals surface area contributed by atoms with Crippen molar-refractivity contribution in [3.8, 4) is 11.3 Å². The minimum absolute atomic E-state index is 0.253. The van der Waals surface area contributed by atoms with Crippen molar-refractivity contribution in [2.75, 3.05) is 24.2 Å². The smallest absolute Gasteiger partial charge is 0.243 e. The van der Waals surface area contributed by atoms with E-state index in [-0.39, 0.29) is 4.90 Å². The number of sulfonamides is 1. The molecule has 4 rings (SSSR count). The summed E-state index contributed by atoms with van der Waals surface area (Å²) in [5, 5.41) is 4.42. The van der Waals surface area contributed by atoms with Gasteiger partial charge in [0.1, 0.15) is 10.7 Å². The van der Waals surface area contributed by atoms with E-state index in [9.17, 15) is 12.8 Å². The Morgan fingerprint density at radius 2 is 1.82 bits per heavy atom. The number of aromatic nitrogens is 1. The third-order valence-electron chi connectivity index (χ3n) is 5.53. The lowest BCUT2D eigenvalue weighted by molar-refractivity contribution is 0.550. The number of nitrogens with zero attached hydrogens (tertiary/aromatic N) is 1. The number of hydrogen-bond donors (Lipinski definition) is 2. The van der Waals surface area contributed by atoms with Crippen LogP contribution in [0, 0.1) is 12.7 Å². The van der Waals surface area contributed by atoms with Gasteiger partial charge in [0, 0.05) is 34.2 Å². The third-order valence-corrected chi connectivity index (χ3v) is 9.32. The first-order chi connectivity index (χ1) is 16.0. The summed E-state index contributed by atoms with van der Waals surface area (Å²) >= 11 is 3.64. The monoisotopic (exact) mass is 505 g/mol. The lowest BCUT2D eigenvalue weighted by atomic mass is 10.1. The van der Waals surface area contributed by atoms with Gasteiger partial charge in [-0.3, -0.25) is 0 Å². The molecule has 0 fully saturated rings. The molecule has 0 bridgehead atoms. The van der Waals surface area contributed by atoms with E-state index >= 15 is 0 Å². The Morgan fingerprint density at radius 1 is 1.03 bits per heavy atom. The number of thioether (sulfide) groups is 1. The molecule has 1 aromatic heterocycles. The van der Waals surface area contributed by atoms with Crippen molar-refractivity contribution in [2.45, 2.75) is 48.8 Å². The number of hydrogen-bond acceptors (Lipinski definition) is 6. The zero-order chi connectivity index (χ0) is 23.3. The Morgan fingerprint density at radius 3 is 2.64 bits per heavy atom. The highest BCUT2D eigenvalue weighted by Crippen LogP contribution is 2.40. The molecule has 33 heavy (non-hydrogen) atoms. The van der Waals surface area contributed by atoms with Crippen LogP contribution in [-0.2, 0) is 16.4 Å². The first-order valence-electron chi connectivity index (χ1n) is 11.2. The molecule has 2 aromatic carbocycles. The molecule has 0 amide bonds. The molecule has 0 saturated carbocycles. The van der Waals surface area contributed by atoms with Crippen molar-refractivity contribution in [2.24, 2.45) is 0 Å². The fraction of sp³-hybridized carbons (Fsp3) is 0.375. The Labute approximate surface area is 203 Å². The van der Waals surface area contributed by atoms with Crippen LogP contribution in [0.15, 0.2) is 52.3 Å². The summed E-state index contributed by atoms with van der Waals surface area (Å²) in [5.41, 5.74) is 2.75. The summed E-state index contributed by atoms with van der Waals surface area (Å²) in [4.78, 5) is 7.24. The standard InChI is InChI=1S/C24H28FN3O2S3/c1-17-9-8-11-19(25)23(17)33(29,30)27-15-7-3-2-6-14-26-24-28-22-18-10-4-5-12-20(18)31-16-13-21(22)32-24/h4-5,8-12,27H,2-3,6-7,13-16H2,1H3,(H,26,28). The van der Waals surface area contributed by atoms with Crippen LogP contribution >= 0.6 is 23.1 Å². The molecule has 1 aliphatic heterocycles. The van der Waals surface area contributed by atoms with E-state index in [0.717, 1.165) is 48.8 Å². The van der Waals surface area contributed by atoms with E-state index < -0.39 is 15.8 Å². The molecule has 5 nitrogen and oxygen atoms in total. The number of unbranched alkanes of at least 4 members (excludes halogenated alkanes) is 3. The second-order valence-electron chi connectivity index (χ2n) is 8.01. The second kappa shape index (κ2) is 11.0. The van der Waals surface area contributed by atoms with E-state index in [1.165, 1.54) is 27.5 Å². The van der Waals surface area contributed by atoms with Gasteiger partial charge in [-0.05, 0) is 43.9 Å². The summed E-state index contributed by atoms with van der Waals surface area (Å²) in [7, 11) is -3.83. The summed E-state index contributed by atoms with van der Waals surface area (Å²) in [5.74, 6) is 0.363. The maximum atomic E-state index is 13.9. The predicted molar refractivity (Wildman–Crippen MR) is 135 cm³/mol. The summed E-state index contributed by atoms with van der Waals surface area (Å²) in [6, 6.07) is 12.7. The molecular weight excluding hydrogens is 477 g/mol. The molecule has 0 spiro atoms. The minimum Gasteiger partial charge on any atom is -0.361 e. The Kier molecular flexibility index (Phi) is 8.06. The van der Waals surface area contributed by atoms with Crippen molar-refractivity contribution in [3.63, 3.8) is 0 Å². The normalized spacial score (nSPS) is 13.3. The van der Waals surface area contributed by atoms with Crippen molar-refractivity contribution < 1.29 is 12.8 Å². The third kappa shape index (κ3) is 5.95. The van der Waals surface area contributed by atoms with Gasteiger partial charge in [-0.15, -0.1) is 23.1 Å². The van der Waals surface area contributed by atoms with Crippen LogP contribution in [0.2, 0.25) is 0 Å². The van der Waals surface area contributed by atoms with Gasteiger partial charge in [-0.1, -0.05) is 43.2 Å². The molecule has 0 unspecified atom stereocenters. The zero-order valence-corrected chi connectivity index (χ0v) is 21.0. The molecule has 176 valence electrons. The van der Waals surface area contributed by atoms with E-state index in [2.05, 4.69) is 34.3 Å². The van der Waals surface area contributed by atoms with Crippen LogP contribution in [0.25, 0.3) is 11.3 Å². The van der Waals surface area contributed by atoms with Gasteiger partial charge in [0.25, 0.3) is 0 Å². The fourth-order valence-corrected chi connectivity index (χ4v) is 7.41. The average Bonchev–Trinajstić information content (AvgIpc) is 3.10. The maximum Gasteiger partial charge on any atom is 0.243 e. The van der Waals surface area contributed by atoms with Gasteiger partial charge < -0.3 is 5.32 Å². The second-order valence-corrected chi connectivity index (χ2v) is 11.9. The number of rotatable bonds is 10. The molecule has 0 aliphatic carbocycles. The summed E-state index contributed by atoms with van der Waals surface area (Å²) < 4.78 is 41.2. The van der Waals surface area contributed by atoms with E-state index in [0.29, 0.717) is 18.5 Å². The lowest BCUT2D eigenvalue weighted by Crippen LogP contribution is -2.26. The molecule has 1 aliphatic rings. The maximum absolute atomic E-state index is 13.9. The van der Waals surface area contributed by atoms with Crippen molar-refractivity contribution in [1.82, 2.24) is 9.71 Å². The topological polar surface area (TPSA) is 71.1 Å². The highest BCUT2D eigenvalue weighted by Gasteiger charge is 2.21. The largest absolute Gasteiger partial charge is 0.361 e. The Hall–Kier alpha value is -1.94. The van der Waals surface area contributed by atoms with Crippen molar-refractivity contribution in [3.05, 3.63) is 58.7 Å². The quantitative estimate of drug-likeness (QED) is 0.338. The van der Waals surface area contributed by atoms with E-state index in [4.69, 9.17) is 4.98 Å². The number of anilines is 1. The van der Waals surface area contributed by atoms with Gasteiger partial charge >= 0.3 is 0 Å².